The van der Waals surface area contributed by atoms with Gasteiger partial charge in [-0.1, -0.05) is 24.3 Å². The van der Waals surface area contributed by atoms with Crippen molar-refractivity contribution < 1.29 is 13.7 Å². The second-order valence-corrected chi connectivity index (χ2v) is 5.01. The molecule has 1 N–H and O–H groups in total. The summed E-state index contributed by atoms with van der Waals surface area (Å²) in [6, 6.07) is 12.5. The van der Waals surface area contributed by atoms with Crippen LogP contribution in [0, 0.1) is 5.82 Å². The van der Waals surface area contributed by atoms with Gasteiger partial charge >= 0.3 is 0 Å². The summed E-state index contributed by atoms with van der Waals surface area (Å²) in [5.74, 6) is -0.158. The normalized spacial score (nSPS) is 12.3. The Morgan fingerprint density at radius 1 is 1.12 bits per heavy atom. The van der Waals surface area contributed by atoms with Crippen LogP contribution in [0.25, 0.3) is 0 Å². The van der Waals surface area contributed by atoms with E-state index in [-0.39, 0.29) is 16.4 Å². The van der Waals surface area contributed by atoms with Gasteiger partial charge in [0.05, 0.1) is 21.4 Å². The average molecular weight is 250 g/mol. The van der Waals surface area contributed by atoms with Gasteiger partial charge in [-0.15, -0.1) is 0 Å². The number of phenolic OH excluding ortho intramolecular Hbond substituents is 1. The molecule has 0 saturated carbocycles. The van der Waals surface area contributed by atoms with Gasteiger partial charge in [-0.2, -0.15) is 0 Å². The van der Waals surface area contributed by atoms with Crippen molar-refractivity contribution in [2.24, 2.45) is 0 Å². The zero-order chi connectivity index (χ0) is 12.3. The lowest BCUT2D eigenvalue weighted by molar-refractivity contribution is 0.475. The molecule has 0 heterocycles. The number of rotatable bonds is 3. The molecule has 0 saturated heterocycles. The molecule has 0 aliphatic carbocycles. The summed E-state index contributed by atoms with van der Waals surface area (Å²) >= 11 is 0. The van der Waals surface area contributed by atoms with E-state index in [9.17, 15) is 13.7 Å². The van der Waals surface area contributed by atoms with E-state index in [2.05, 4.69) is 0 Å². The van der Waals surface area contributed by atoms with Crippen LogP contribution in [-0.4, -0.2) is 9.32 Å². The fraction of sp³-hybridized carbons (Fsp3) is 0.0769. The maximum Gasteiger partial charge on any atom is 0.139 e. The molecule has 4 heteroatoms. The number of halogens is 1. The fourth-order valence-corrected chi connectivity index (χ4v) is 2.66. The summed E-state index contributed by atoms with van der Waals surface area (Å²) in [5.41, 5.74) is 0.714. The highest BCUT2D eigenvalue weighted by molar-refractivity contribution is 7.84. The number of hydrogen-bond acceptors (Lipinski definition) is 2. The summed E-state index contributed by atoms with van der Waals surface area (Å²) in [4.78, 5) is 0.191. The molecule has 2 nitrogen and oxygen atoms in total. The molecule has 1 unspecified atom stereocenters. The Kier molecular flexibility index (Phi) is 3.54. The largest absolute Gasteiger partial charge is 0.508 e. The molecule has 2 aromatic rings. The smallest absolute Gasteiger partial charge is 0.139 e. The van der Waals surface area contributed by atoms with Crippen LogP contribution < -0.4 is 0 Å². The molecule has 0 aliphatic rings. The summed E-state index contributed by atoms with van der Waals surface area (Å²) < 4.78 is 25.3. The third kappa shape index (κ3) is 2.91. The Morgan fingerprint density at radius 3 is 2.59 bits per heavy atom. The Hall–Kier alpha value is -1.68. The molecule has 0 fully saturated rings. The van der Waals surface area contributed by atoms with Crippen molar-refractivity contribution in [3.8, 4) is 5.75 Å². The van der Waals surface area contributed by atoms with Crippen molar-refractivity contribution >= 4 is 10.8 Å². The van der Waals surface area contributed by atoms with E-state index < -0.39 is 16.6 Å². The molecular weight excluding hydrogens is 239 g/mol. The highest BCUT2D eigenvalue weighted by atomic mass is 32.2. The van der Waals surface area contributed by atoms with E-state index in [1.54, 1.807) is 24.3 Å². The van der Waals surface area contributed by atoms with Gasteiger partial charge in [0.15, 0.2) is 0 Å². The highest BCUT2D eigenvalue weighted by Crippen LogP contribution is 2.18. The van der Waals surface area contributed by atoms with Crippen LogP contribution in [0.2, 0.25) is 0 Å². The molecule has 0 radical (unpaired) electrons. The number of benzene rings is 2. The monoisotopic (exact) mass is 250 g/mol. The fourth-order valence-electron chi connectivity index (χ4n) is 1.50. The molecule has 0 aromatic heterocycles. The van der Waals surface area contributed by atoms with Gasteiger partial charge in [0, 0.05) is 0 Å². The lowest BCUT2D eigenvalue weighted by Crippen LogP contribution is -1.98. The van der Waals surface area contributed by atoms with Crippen LogP contribution >= 0.6 is 0 Å². The van der Waals surface area contributed by atoms with E-state index in [1.165, 1.54) is 24.3 Å². The van der Waals surface area contributed by atoms with Gasteiger partial charge in [0.25, 0.3) is 0 Å². The first-order valence-electron chi connectivity index (χ1n) is 5.07. The standard InChI is InChI=1S/C13H11FO2S/c14-12-6-1-2-7-13(12)17(16)9-10-4-3-5-11(15)8-10/h1-8,15H,9H2. The van der Waals surface area contributed by atoms with Gasteiger partial charge in [0.1, 0.15) is 11.6 Å². The Balaban J connectivity index is 2.20. The van der Waals surface area contributed by atoms with E-state index in [0.29, 0.717) is 5.56 Å². The molecular formula is C13H11FO2S. The second-order valence-electron chi connectivity index (χ2n) is 3.59. The summed E-state index contributed by atoms with van der Waals surface area (Å²) in [5, 5.41) is 9.28. The van der Waals surface area contributed by atoms with Crippen molar-refractivity contribution in [2.45, 2.75) is 10.6 Å². The van der Waals surface area contributed by atoms with Gasteiger partial charge < -0.3 is 5.11 Å². The molecule has 2 rings (SSSR count). The maximum absolute atomic E-state index is 13.4. The topological polar surface area (TPSA) is 37.3 Å². The molecule has 1 atom stereocenters. The third-order valence-electron chi connectivity index (χ3n) is 2.29. The van der Waals surface area contributed by atoms with E-state index in [1.807, 2.05) is 0 Å². The van der Waals surface area contributed by atoms with Gasteiger partial charge in [-0.05, 0) is 29.8 Å². The molecule has 0 amide bonds. The molecule has 0 aliphatic heterocycles. The first-order chi connectivity index (χ1) is 8.16. The van der Waals surface area contributed by atoms with Crippen LogP contribution in [0.4, 0.5) is 4.39 Å². The third-order valence-corrected chi connectivity index (χ3v) is 3.71. The summed E-state index contributed by atoms with van der Waals surface area (Å²) in [6.07, 6.45) is 0. The summed E-state index contributed by atoms with van der Waals surface area (Å²) in [7, 11) is -1.44. The predicted molar refractivity (Wildman–Crippen MR) is 64.6 cm³/mol. The zero-order valence-electron chi connectivity index (χ0n) is 8.97. The lowest BCUT2D eigenvalue weighted by atomic mass is 10.2. The van der Waals surface area contributed by atoms with Crippen LogP contribution in [0.15, 0.2) is 53.4 Å². The van der Waals surface area contributed by atoms with Crippen LogP contribution in [0.3, 0.4) is 0 Å². The van der Waals surface area contributed by atoms with Crippen molar-refractivity contribution in [2.75, 3.05) is 0 Å². The van der Waals surface area contributed by atoms with Crippen molar-refractivity contribution in [3.05, 3.63) is 59.9 Å². The highest BCUT2D eigenvalue weighted by Gasteiger charge is 2.10. The molecule has 0 bridgehead atoms. The molecule has 2 aromatic carbocycles. The van der Waals surface area contributed by atoms with Crippen LogP contribution in [-0.2, 0) is 16.6 Å². The number of aromatic hydroxyl groups is 1. The Morgan fingerprint density at radius 2 is 1.88 bits per heavy atom. The first kappa shape index (κ1) is 11.8. The Bertz CT molecular complexity index is 555. The summed E-state index contributed by atoms with van der Waals surface area (Å²) in [6.45, 7) is 0. The van der Waals surface area contributed by atoms with Crippen LogP contribution in [0.5, 0.6) is 5.75 Å². The van der Waals surface area contributed by atoms with Crippen LogP contribution in [0.1, 0.15) is 5.56 Å². The molecule has 0 spiro atoms. The van der Waals surface area contributed by atoms with Gasteiger partial charge in [-0.25, -0.2) is 4.39 Å². The Labute approximate surface area is 101 Å². The minimum absolute atomic E-state index is 0.119. The lowest BCUT2D eigenvalue weighted by Gasteiger charge is -2.04. The van der Waals surface area contributed by atoms with Gasteiger partial charge in [-0.3, -0.25) is 4.21 Å². The van der Waals surface area contributed by atoms with E-state index in [0.717, 1.165) is 0 Å². The predicted octanol–water partition coefficient (Wildman–Crippen LogP) is 2.84. The zero-order valence-corrected chi connectivity index (χ0v) is 9.78. The maximum atomic E-state index is 13.4. The molecule has 88 valence electrons. The van der Waals surface area contributed by atoms with E-state index in [4.69, 9.17) is 0 Å². The van der Waals surface area contributed by atoms with Crippen molar-refractivity contribution in [1.29, 1.82) is 0 Å². The minimum Gasteiger partial charge on any atom is -0.508 e. The quantitative estimate of drug-likeness (QED) is 0.909. The van der Waals surface area contributed by atoms with E-state index >= 15 is 0 Å². The van der Waals surface area contributed by atoms with Crippen molar-refractivity contribution in [1.82, 2.24) is 0 Å². The van der Waals surface area contributed by atoms with Crippen molar-refractivity contribution in [3.63, 3.8) is 0 Å². The second kappa shape index (κ2) is 5.10. The van der Waals surface area contributed by atoms with Gasteiger partial charge in [0.2, 0.25) is 0 Å². The number of hydrogen-bond donors (Lipinski definition) is 1. The minimum atomic E-state index is -1.44. The number of phenols is 1. The average Bonchev–Trinajstić information content (AvgIpc) is 2.29. The molecule has 17 heavy (non-hydrogen) atoms. The SMILES string of the molecule is O=S(Cc1cccc(O)c1)c1ccccc1F. The first-order valence-corrected chi connectivity index (χ1v) is 6.39.